The monoisotopic (exact) mass is 363 g/mol. The van der Waals surface area contributed by atoms with E-state index in [-0.39, 0.29) is 23.7 Å². The normalized spacial score (nSPS) is 13.3. The van der Waals surface area contributed by atoms with E-state index in [2.05, 4.69) is 0 Å². The minimum Gasteiger partial charge on any atom is -0.466 e. The average Bonchev–Trinajstić information content (AvgIpc) is 2.58. The summed E-state index contributed by atoms with van der Waals surface area (Å²) in [6, 6.07) is 11.9. The predicted octanol–water partition coefficient (Wildman–Crippen LogP) is 4.61. The highest BCUT2D eigenvalue weighted by molar-refractivity contribution is 6.30. The first-order valence-electron chi connectivity index (χ1n) is 8.37. The fourth-order valence-electron chi connectivity index (χ4n) is 2.76. The van der Waals surface area contributed by atoms with Gasteiger partial charge >= 0.3 is 5.97 Å². The first-order valence-corrected chi connectivity index (χ1v) is 8.75. The van der Waals surface area contributed by atoms with Gasteiger partial charge in [0.25, 0.3) is 0 Å². The van der Waals surface area contributed by atoms with Gasteiger partial charge in [0.05, 0.1) is 12.5 Å². The van der Waals surface area contributed by atoms with Crippen molar-refractivity contribution in [1.29, 1.82) is 0 Å². The zero-order valence-corrected chi connectivity index (χ0v) is 15.2. The van der Waals surface area contributed by atoms with Crippen molar-refractivity contribution in [3.8, 4) is 11.1 Å². The van der Waals surface area contributed by atoms with Crippen LogP contribution in [-0.2, 0) is 16.0 Å². The lowest BCUT2D eigenvalue weighted by Crippen LogP contribution is -2.29. The Morgan fingerprint density at radius 2 is 1.92 bits per heavy atom. The summed E-state index contributed by atoms with van der Waals surface area (Å²) in [7, 11) is 0. The molecular formula is C20H23ClFNO2. The molecule has 0 aromatic heterocycles. The van der Waals surface area contributed by atoms with Crippen molar-refractivity contribution in [3.05, 3.63) is 58.9 Å². The molecule has 0 aliphatic heterocycles. The third-order valence-electron chi connectivity index (χ3n) is 4.04. The second-order valence-electron chi connectivity index (χ2n) is 6.17. The van der Waals surface area contributed by atoms with E-state index in [1.165, 1.54) is 12.1 Å². The Hall–Kier alpha value is -1.91. The maximum Gasteiger partial charge on any atom is 0.308 e. The topological polar surface area (TPSA) is 52.3 Å². The lowest BCUT2D eigenvalue weighted by atomic mass is 9.95. The van der Waals surface area contributed by atoms with E-state index in [0.717, 1.165) is 11.1 Å². The molecule has 3 nitrogen and oxygen atoms in total. The Kier molecular flexibility index (Phi) is 6.97. The van der Waals surface area contributed by atoms with Crippen LogP contribution in [0.15, 0.2) is 42.5 Å². The Balaban J connectivity index is 2.00. The number of esters is 1. The highest BCUT2D eigenvalue weighted by Crippen LogP contribution is 2.26. The lowest BCUT2D eigenvalue weighted by Gasteiger charge is -2.16. The molecule has 0 saturated heterocycles. The average molecular weight is 364 g/mol. The molecule has 0 fully saturated rings. The van der Waals surface area contributed by atoms with Crippen LogP contribution in [0.1, 0.15) is 25.8 Å². The molecule has 25 heavy (non-hydrogen) atoms. The van der Waals surface area contributed by atoms with Gasteiger partial charge in [-0.1, -0.05) is 42.8 Å². The molecule has 2 aromatic carbocycles. The van der Waals surface area contributed by atoms with Gasteiger partial charge in [-0.3, -0.25) is 4.79 Å². The molecule has 134 valence electrons. The number of carbonyl (C=O) groups excluding carboxylic acids is 1. The second-order valence-corrected chi connectivity index (χ2v) is 6.61. The standard InChI is InChI=1S/C20H23ClFNO2/c1-3-25-20(24)13(2)10-17(23)11-14-4-6-15(7-5-14)18-12-16(21)8-9-19(18)22/h4-9,12-13,17H,3,10-11,23H2,1-2H3. The summed E-state index contributed by atoms with van der Waals surface area (Å²) in [6.07, 6.45) is 1.20. The van der Waals surface area contributed by atoms with Gasteiger partial charge in [0.2, 0.25) is 0 Å². The molecule has 2 atom stereocenters. The van der Waals surface area contributed by atoms with E-state index in [4.69, 9.17) is 22.1 Å². The number of halogens is 2. The number of carbonyl (C=O) groups is 1. The van der Waals surface area contributed by atoms with E-state index in [0.29, 0.717) is 30.0 Å². The highest BCUT2D eigenvalue weighted by atomic mass is 35.5. The summed E-state index contributed by atoms with van der Waals surface area (Å²) < 4.78 is 18.9. The van der Waals surface area contributed by atoms with Crippen LogP contribution in [0.5, 0.6) is 0 Å². The SMILES string of the molecule is CCOC(=O)C(C)CC(N)Cc1ccc(-c2cc(Cl)ccc2F)cc1. The van der Waals surface area contributed by atoms with Crippen molar-refractivity contribution in [2.24, 2.45) is 11.7 Å². The second kappa shape index (κ2) is 8.97. The number of hydrogen-bond acceptors (Lipinski definition) is 3. The van der Waals surface area contributed by atoms with Crippen LogP contribution in [0.4, 0.5) is 4.39 Å². The van der Waals surface area contributed by atoms with Crippen LogP contribution in [0.3, 0.4) is 0 Å². The number of hydrogen-bond donors (Lipinski definition) is 1. The van der Waals surface area contributed by atoms with E-state index < -0.39 is 0 Å². The summed E-state index contributed by atoms with van der Waals surface area (Å²) in [5, 5.41) is 0.496. The van der Waals surface area contributed by atoms with Crippen molar-refractivity contribution < 1.29 is 13.9 Å². The smallest absolute Gasteiger partial charge is 0.308 e. The minimum atomic E-state index is -0.308. The summed E-state index contributed by atoms with van der Waals surface area (Å²) in [5.74, 6) is -0.753. The van der Waals surface area contributed by atoms with E-state index >= 15 is 0 Å². The Morgan fingerprint density at radius 3 is 2.56 bits per heavy atom. The van der Waals surface area contributed by atoms with Gasteiger partial charge in [0.15, 0.2) is 0 Å². The largest absolute Gasteiger partial charge is 0.466 e. The van der Waals surface area contributed by atoms with Crippen LogP contribution >= 0.6 is 11.6 Å². The Labute approximate surface area is 152 Å². The van der Waals surface area contributed by atoms with Crippen LogP contribution in [-0.4, -0.2) is 18.6 Å². The van der Waals surface area contributed by atoms with E-state index in [1.54, 1.807) is 13.0 Å². The summed E-state index contributed by atoms with van der Waals surface area (Å²) in [5.41, 5.74) is 8.42. The Morgan fingerprint density at radius 1 is 1.24 bits per heavy atom. The quantitative estimate of drug-likeness (QED) is 0.731. The van der Waals surface area contributed by atoms with E-state index in [9.17, 15) is 9.18 Å². The summed E-state index contributed by atoms with van der Waals surface area (Å²) in [6.45, 7) is 3.98. The summed E-state index contributed by atoms with van der Waals surface area (Å²) in [4.78, 5) is 11.7. The van der Waals surface area contributed by atoms with Crippen molar-refractivity contribution >= 4 is 17.6 Å². The molecule has 5 heteroatoms. The molecular weight excluding hydrogens is 341 g/mol. The molecule has 0 aliphatic rings. The third-order valence-corrected chi connectivity index (χ3v) is 4.27. The molecule has 2 unspecified atom stereocenters. The van der Waals surface area contributed by atoms with Gasteiger partial charge in [0, 0.05) is 16.6 Å². The number of benzene rings is 2. The highest BCUT2D eigenvalue weighted by Gasteiger charge is 2.18. The molecule has 0 spiro atoms. The molecule has 0 aliphatic carbocycles. The van der Waals surface area contributed by atoms with Gasteiger partial charge in [-0.2, -0.15) is 0 Å². The number of nitrogens with two attached hydrogens (primary N) is 1. The van der Waals surface area contributed by atoms with Gasteiger partial charge in [-0.15, -0.1) is 0 Å². The van der Waals surface area contributed by atoms with Crippen molar-refractivity contribution in [2.45, 2.75) is 32.7 Å². The van der Waals surface area contributed by atoms with Gasteiger partial charge < -0.3 is 10.5 Å². The van der Waals surface area contributed by atoms with Crippen LogP contribution in [0.2, 0.25) is 5.02 Å². The molecule has 2 aromatic rings. The lowest BCUT2D eigenvalue weighted by molar-refractivity contribution is -0.147. The van der Waals surface area contributed by atoms with Crippen LogP contribution < -0.4 is 5.73 Å². The maximum atomic E-state index is 13.9. The first-order chi connectivity index (χ1) is 11.9. The first kappa shape index (κ1) is 19.4. The molecule has 2 rings (SSSR count). The maximum absolute atomic E-state index is 13.9. The molecule has 0 saturated carbocycles. The van der Waals surface area contributed by atoms with Gasteiger partial charge in [-0.05, 0) is 49.1 Å². The molecule has 2 N–H and O–H groups in total. The molecule has 0 radical (unpaired) electrons. The van der Waals surface area contributed by atoms with Crippen molar-refractivity contribution in [1.82, 2.24) is 0 Å². The Bertz CT molecular complexity index is 718. The van der Waals surface area contributed by atoms with Gasteiger partial charge in [0.1, 0.15) is 5.82 Å². The molecule has 0 amide bonds. The fraction of sp³-hybridized carbons (Fsp3) is 0.350. The molecule has 0 heterocycles. The predicted molar refractivity (Wildman–Crippen MR) is 98.9 cm³/mol. The number of rotatable bonds is 7. The van der Waals surface area contributed by atoms with Crippen molar-refractivity contribution in [3.63, 3.8) is 0 Å². The van der Waals surface area contributed by atoms with E-state index in [1.807, 2.05) is 31.2 Å². The third kappa shape index (κ3) is 5.55. The zero-order valence-electron chi connectivity index (χ0n) is 14.5. The van der Waals surface area contributed by atoms with Crippen molar-refractivity contribution in [2.75, 3.05) is 6.61 Å². The van der Waals surface area contributed by atoms with Crippen LogP contribution in [0, 0.1) is 11.7 Å². The number of ether oxygens (including phenoxy) is 1. The fourth-order valence-corrected chi connectivity index (χ4v) is 2.93. The minimum absolute atomic E-state index is 0.145. The molecule has 0 bridgehead atoms. The van der Waals surface area contributed by atoms with Crippen LogP contribution in [0.25, 0.3) is 11.1 Å². The zero-order chi connectivity index (χ0) is 18.4. The van der Waals surface area contributed by atoms with Gasteiger partial charge in [-0.25, -0.2) is 4.39 Å². The summed E-state index contributed by atoms with van der Waals surface area (Å²) >= 11 is 5.94.